The van der Waals surface area contributed by atoms with Crippen LogP contribution in [0.25, 0.3) is 0 Å². The highest BCUT2D eigenvalue weighted by Gasteiger charge is 2.34. The van der Waals surface area contributed by atoms with E-state index in [0.717, 1.165) is 32.5 Å². The molecule has 2 N–H and O–H groups in total. The normalized spacial score (nSPS) is 27.8. The van der Waals surface area contributed by atoms with Crippen LogP contribution in [-0.2, 0) is 0 Å². The second kappa shape index (κ2) is 5.25. The highest BCUT2D eigenvalue weighted by Crippen LogP contribution is 2.33. The number of nitrogens with zero attached hydrogens (tertiary/aromatic N) is 2. The van der Waals surface area contributed by atoms with Crippen LogP contribution in [0, 0.1) is 6.92 Å². The highest BCUT2D eigenvalue weighted by molar-refractivity contribution is 5.20. The maximum atomic E-state index is 10.6. The Kier molecular flexibility index (Phi) is 3.63. The van der Waals surface area contributed by atoms with Crippen molar-refractivity contribution in [2.75, 3.05) is 19.6 Å². The minimum absolute atomic E-state index is 0.420. The monoisotopic (exact) mass is 263 g/mol. The van der Waals surface area contributed by atoms with E-state index in [1.165, 1.54) is 36.9 Å². The fraction of sp³-hybridized carbons (Fsp3) is 0.800. The van der Waals surface area contributed by atoms with Crippen molar-refractivity contribution in [3.8, 4) is 0 Å². The molecule has 1 aromatic rings. The van der Waals surface area contributed by atoms with Crippen molar-refractivity contribution in [3.63, 3.8) is 0 Å². The number of aliphatic hydroxyl groups is 1. The molecule has 0 amide bonds. The summed E-state index contributed by atoms with van der Waals surface area (Å²) in [5.74, 6) is 0.565. The van der Waals surface area contributed by atoms with Crippen molar-refractivity contribution in [1.82, 2.24) is 15.1 Å². The molecule has 0 bridgehead atoms. The molecule has 3 rings (SSSR count). The zero-order chi connectivity index (χ0) is 13.3. The van der Waals surface area contributed by atoms with Gasteiger partial charge in [-0.2, -0.15) is 5.10 Å². The van der Waals surface area contributed by atoms with Crippen LogP contribution in [-0.4, -0.2) is 45.4 Å². The van der Waals surface area contributed by atoms with Crippen LogP contribution >= 0.6 is 0 Å². The zero-order valence-electron chi connectivity index (χ0n) is 11.9. The van der Waals surface area contributed by atoms with Gasteiger partial charge in [-0.1, -0.05) is 19.3 Å². The summed E-state index contributed by atoms with van der Waals surface area (Å²) >= 11 is 0. The summed E-state index contributed by atoms with van der Waals surface area (Å²) in [5, 5.41) is 17.9. The fourth-order valence-corrected chi connectivity index (χ4v) is 3.77. The molecule has 4 heteroatoms. The van der Waals surface area contributed by atoms with Crippen LogP contribution in [0.4, 0.5) is 0 Å². The Morgan fingerprint density at radius 2 is 2.21 bits per heavy atom. The summed E-state index contributed by atoms with van der Waals surface area (Å²) < 4.78 is 0. The van der Waals surface area contributed by atoms with Gasteiger partial charge in [-0.25, -0.2) is 0 Å². The molecular formula is C15H25N3O. The number of aromatic amines is 1. The quantitative estimate of drug-likeness (QED) is 0.879. The molecule has 1 atom stereocenters. The number of β-amino-alcohol motifs (C(OH)–C–C–N with tert-alkyl or cyclic N) is 1. The Hall–Kier alpha value is -0.870. The van der Waals surface area contributed by atoms with E-state index in [0.29, 0.717) is 5.92 Å². The van der Waals surface area contributed by atoms with Crippen LogP contribution in [0.5, 0.6) is 0 Å². The molecule has 1 unspecified atom stereocenters. The molecule has 2 heterocycles. The predicted octanol–water partition coefficient (Wildman–Crippen LogP) is 2.20. The summed E-state index contributed by atoms with van der Waals surface area (Å²) in [5.41, 5.74) is 2.14. The average Bonchev–Trinajstić information content (AvgIpc) is 2.98. The summed E-state index contributed by atoms with van der Waals surface area (Å²) in [7, 11) is 0. The Morgan fingerprint density at radius 3 is 2.89 bits per heavy atom. The molecule has 0 spiro atoms. The van der Waals surface area contributed by atoms with Crippen LogP contribution in [0.1, 0.15) is 55.7 Å². The molecule has 1 aromatic heterocycles. The number of rotatable bonds is 3. The molecule has 2 fully saturated rings. The lowest BCUT2D eigenvalue weighted by Crippen LogP contribution is -2.43. The van der Waals surface area contributed by atoms with Crippen molar-refractivity contribution in [2.45, 2.75) is 57.0 Å². The minimum atomic E-state index is -0.420. The first-order chi connectivity index (χ1) is 9.16. The third-order valence-corrected chi connectivity index (χ3v) is 4.85. The summed E-state index contributed by atoms with van der Waals surface area (Å²) in [6, 6.07) is 0. The topological polar surface area (TPSA) is 52.2 Å². The predicted molar refractivity (Wildman–Crippen MR) is 75.2 cm³/mol. The Balaban J connectivity index is 1.58. The van der Waals surface area contributed by atoms with Gasteiger partial charge in [0.25, 0.3) is 0 Å². The van der Waals surface area contributed by atoms with Crippen LogP contribution in [0.15, 0.2) is 6.20 Å². The first-order valence-corrected chi connectivity index (χ1v) is 7.61. The van der Waals surface area contributed by atoms with Gasteiger partial charge in [0.05, 0.1) is 11.8 Å². The van der Waals surface area contributed by atoms with Crippen LogP contribution in [0.2, 0.25) is 0 Å². The summed E-state index contributed by atoms with van der Waals surface area (Å²) in [6.45, 7) is 5.14. The van der Waals surface area contributed by atoms with Gasteiger partial charge in [-0.3, -0.25) is 10.00 Å². The first kappa shape index (κ1) is 13.1. The summed E-state index contributed by atoms with van der Waals surface area (Å²) in [6.07, 6.45) is 8.72. The Labute approximate surface area is 115 Å². The maximum absolute atomic E-state index is 10.6. The second-order valence-electron chi connectivity index (χ2n) is 6.47. The van der Waals surface area contributed by atoms with Crippen molar-refractivity contribution < 1.29 is 5.11 Å². The molecule has 0 aromatic carbocycles. The first-order valence-electron chi connectivity index (χ1n) is 7.61. The number of hydrogen-bond donors (Lipinski definition) is 2. The molecule has 1 saturated carbocycles. The molecule has 1 saturated heterocycles. The van der Waals surface area contributed by atoms with E-state index in [1.807, 2.05) is 6.20 Å². The molecule has 1 aliphatic heterocycles. The van der Waals surface area contributed by atoms with Crippen molar-refractivity contribution in [3.05, 3.63) is 17.5 Å². The SMILES string of the molecule is Cc1cn[nH]c1C1CCN(CC2(O)CCCCC2)C1. The number of nitrogens with one attached hydrogen (secondary N) is 1. The number of H-pyrrole nitrogens is 1. The van der Waals surface area contributed by atoms with E-state index in [1.54, 1.807) is 0 Å². The van der Waals surface area contributed by atoms with Crippen molar-refractivity contribution in [2.24, 2.45) is 0 Å². The third kappa shape index (κ3) is 2.84. The summed E-state index contributed by atoms with van der Waals surface area (Å²) in [4.78, 5) is 2.44. The van der Waals surface area contributed by atoms with Gasteiger partial charge >= 0.3 is 0 Å². The van der Waals surface area contributed by atoms with Gasteiger partial charge in [-0.05, 0) is 38.3 Å². The van der Waals surface area contributed by atoms with E-state index in [2.05, 4.69) is 22.0 Å². The molecule has 1 aliphatic carbocycles. The molecule has 106 valence electrons. The lowest BCUT2D eigenvalue weighted by molar-refractivity contribution is -0.0216. The van der Waals surface area contributed by atoms with E-state index in [9.17, 15) is 5.11 Å². The standard InChI is InChI=1S/C15H25N3O/c1-12-9-16-17-14(12)13-5-8-18(10-13)11-15(19)6-3-2-4-7-15/h9,13,19H,2-8,10-11H2,1H3,(H,16,17). The van der Waals surface area contributed by atoms with Gasteiger partial charge in [0.2, 0.25) is 0 Å². The fourth-order valence-electron chi connectivity index (χ4n) is 3.77. The third-order valence-electron chi connectivity index (χ3n) is 4.85. The van der Waals surface area contributed by atoms with Gasteiger partial charge in [-0.15, -0.1) is 0 Å². The number of aromatic nitrogens is 2. The van der Waals surface area contributed by atoms with Gasteiger partial charge in [0, 0.05) is 24.7 Å². The van der Waals surface area contributed by atoms with Gasteiger partial charge < -0.3 is 5.11 Å². The zero-order valence-corrected chi connectivity index (χ0v) is 11.9. The second-order valence-corrected chi connectivity index (χ2v) is 6.47. The Bertz CT molecular complexity index is 423. The van der Waals surface area contributed by atoms with Gasteiger partial charge in [0.1, 0.15) is 0 Å². The van der Waals surface area contributed by atoms with E-state index in [4.69, 9.17) is 0 Å². The van der Waals surface area contributed by atoms with Crippen LogP contribution in [0.3, 0.4) is 0 Å². The largest absolute Gasteiger partial charge is 0.389 e. The molecule has 4 nitrogen and oxygen atoms in total. The molecule has 2 aliphatic rings. The molecule has 19 heavy (non-hydrogen) atoms. The van der Waals surface area contributed by atoms with E-state index < -0.39 is 5.60 Å². The lowest BCUT2D eigenvalue weighted by Gasteiger charge is -2.35. The van der Waals surface area contributed by atoms with Crippen LogP contribution < -0.4 is 0 Å². The molecular weight excluding hydrogens is 238 g/mol. The molecule has 0 radical (unpaired) electrons. The highest BCUT2D eigenvalue weighted by atomic mass is 16.3. The van der Waals surface area contributed by atoms with E-state index >= 15 is 0 Å². The lowest BCUT2D eigenvalue weighted by atomic mass is 9.84. The minimum Gasteiger partial charge on any atom is -0.389 e. The smallest absolute Gasteiger partial charge is 0.0774 e. The number of likely N-dealkylation sites (tertiary alicyclic amines) is 1. The average molecular weight is 263 g/mol. The maximum Gasteiger partial charge on any atom is 0.0774 e. The van der Waals surface area contributed by atoms with Crippen molar-refractivity contribution in [1.29, 1.82) is 0 Å². The van der Waals surface area contributed by atoms with Crippen molar-refractivity contribution >= 4 is 0 Å². The van der Waals surface area contributed by atoms with E-state index in [-0.39, 0.29) is 0 Å². The number of aryl methyl sites for hydroxylation is 1. The number of hydrogen-bond acceptors (Lipinski definition) is 3. The Morgan fingerprint density at radius 1 is 1.42 bits per heavy atom. The van der Waals surface area contributed by atoms with Gasteiger partial charge in [0.15, 0.2) is 0 Å².